The lowest BCUT2D eigenvalue weighted by atomic mass is 10.2. The highest BCUT2D eigenvalue weighted by Gasteiger charge is 2.13. The number of carbonyl (C=O) groups excluding carboxylic acids is 1. The summed E-state index contributed by atoms with van der Waals surface area (Å²) in [5, 5.41) is 0.0219. The Bertz CT molecular complexity index is 350. The first-order valence-corrected chi connectivity index (χ1v) is 4.54. The van der Waals surface area contributed by atoms with Crippen LogP contribution in [0.1, 0.15) is 24.2 Å². The van der Waals surface area contributed by atoms with Crippen molar-refractivity contribution in [1.82, 2.24) is 0 Å². The molecule has 0 aliphatic carbocycles. The predicted octanol–water partition coefficient (Wildman–Crippen LogP) is 3.08. The fraction of sp³-hybridized carbons (Fsp3) is 0.300. The maximum absolute atomic E-state index is 13.2. The molecule has 76 valence electrons. The van der Waals surface area contributed by atoms with Gasteiger partial charge in [0.05, 0.1) is 11.1 Å². The Morgan fingerprint density at radius 2 is 2.14 bits per heavy atom. The average molecular weight is 217 g/mol. The van der Waals surface area contributed by atoms with E-state index < -0.39 is 5.82 Å². The van der Waals surface area contributed by atoms with E-state index in [9.17, 15) is 9.18 Å². The monoisotopic (exact) mass is 216 g/mol. The zero-order valence-electron chi connectivity index (χ0n) is 7.88. The first-order chi connectivity index (χ1) is 6.56. The van der Waals surface area contributed by atoms with Crippen molar-refractivity contribution in [2.75, 3.05) is 0 Å². The molecule has 1 rings (SSSR count). The summed E-state index contributed by atoms with van der Waals surface area (Å²) in [6.07, 6.45) is 0.374. The molecule has 0 spiro atoms. The van der Waals surface area contributed by atoms with Crippen molar-refractivity contribution in [3.63, 3.8) is 0 Å². The summed E-state index contributed by atoms with van der Waals surface area (Å²) in [5.74, 6) is -0.624. The number of aldehydes is 1. The van der Waals surface area contributed by atoms with Crippen LogP contribution in [0.15, 0.2) is 12.1 Å². The Labute approximate surface area is 86.6 Å². The van der Waals surface area contributed by atoms with E-state index in [4.69, 9.17) is 16.3 Å². The van der Waals surface area contributed by atoms with Crippen LogP contribution >= 0.6 is 11.6 Å². The molecular formula is C10H10ClFO2. The molecule has 0 aliphatic heterocycles. The normalized spacial score (nSPS) is 10.4. The van der Waals surface area contributed by atoms with Crippen LogP contribution in [0.2, 0.25) is 5.02 Å². The number of rotatable bonds is 3. The molecule has 0 amide bonds. The summed E-state index contributed by atoms with van der Waals surface area (Å²) in [6, 6.07) is 2.48. The topological polar surface area (TPSA) is 26.3 Å². The minimum absolute atomic E-state index is 0.0219. The zero-order valence-corrected chi connectivity index (χ0v) is 8.64. The van der Waals surface area contributed by atoms with Crippen molar-refractivity contribution >= 4 is 17.9 Å². The van der Waals surface area contributed by atoms with Gasteiger partial charge < -0.3 is 4.74 Å². The van der Waals surface area contributed by atoms with Crippen molar-refractivity contribution in [2.45, 2.75) is 20.0 Å². The highest BCUT2D eigenvalue weighted by Crippen LogP contribution is 2.31. The highest BCUT2D eigenvalue weighted by atomic mass is 35.5. The third kappa shape index (κ3) is 2.23. The van der Waals surface area contributed by atoms with Crippen LogP contribution in [0, 0.1) is 5.82 Å². The summed E-state index contributed by atoms with van der Waals surface area (Å²) < 4.78 is 18.4. The first kappa shape index (κ1) is 11.0. The van der Waals surface area contributed by atoms with Gasteiger partial charge in [-0.1, -0.05) is 11.6 Å². The van der Waals surface area contributed by atoms with E-state index in [2.05, 4.69) is 0 Å². The summed E-state index contributed by atoms with van der Waals surface area (Å²) >= 11 is 5.76. The van der Waals surface area contributed by atoms with Gasteiger partial charge >= 0.3 is 0 Å². The Morgan fingerprint density at radius 3 is 2.64 bits per heavy atom. The first-order valence-electron chi connectivity index (χ1n) is 4.16. The van der Waals surface area contributed by atoms with Crippen LogP contribution in [0.25, 0.3) is 0 Å². The van der Waals surface area contributed by atoms with Crippen LogP contribution in [0.5, 0.6) is 5.75 Å². The third-order valence-corrected chi connectivity index (χ3v) is 1.95. The molecule has 1 aromatic carbocycles. The maximum Gasteiger partial charge on any atom is 0.174 e. The largest absolute Gasteiger partial charge is 0.486 e. The lowest BCUT2D eigenvalue weighted by Gasteiger charge is -2.12. The van der Waals surface area contributed by atoms with Crippen LogP contribution in [0.3, 0.4) is 0 Å². The van der Waals surface area contributed by atoms with Gasteiger partial charge in [-0.05, 0) is 26.0 Å². The van der Waals surface area contributed by atoms with Crippen LogP contribution in [-0.4, -0.2) is 12.4 Å². The van der Waals surface area contributed by atoms with E-state index in [0.717, 1.165) is 6.07 Å². The Balaban J connectivity index is 3.18. The van der Waals surface area contributed by atoms with Gasteiger partial charge in [0, 0.05) is 5.56 Å². The lowest BCUT2D eigenvalue weighted by Crippen LogP contribution is -2.08. The number of hydrogen-bond donors (Lipinski definition) is 0. The SMILES string of the molecule is CC(C)Oc1c(F)ccc(C=O)c1Cl. The molecule has 0 radical (unpaired) electrons. The van der Waals surface area contributed by atoms with Crippen LogP contribution in [0.4, 0.5) is 4.39 Å². The van der Waals surface area contributed by atoms with E-state index in [-0.39, 0.29) is 22.4 Å². The molecule has 2 nitrogen and oxygen atoms in total. The van der Waals surface area contributed by atoms with Crippen molar-refractivity contribution in [3.05, 3.63) is 28.5 Å². The zero-order chi connectivity index (χ0) is 10.7. The van der Waals surface area contributed by atoms with Gasteiger partial charge in [-0.3, -0.25) is 4.79 Å². The number of carbonyl (C=O) groups is 1. The van der Waals surface area contributed by atoms with Crippen molar-refractivity contribution in [1.29, 1.82) is 0 Å². The van der Waals surface area contributed by atoms with Gasteiger partial charge in [-0.25, -0.2) is 4.39 Å². The molecule has 0 aliphatic rings. The Morgan fingerprint density at radius 1 is 1.50 bits per heavy atom. The molecule has 0 saturated carbocycles. The van der Waals surface area contributed by atoms with E-state index in [1.165, 1.54) is 6.07 Å². The van der Waals surface area contributed by atoms with E-state index in [1.54, 1.807) is 13.8 Å². The molecule has 0 fully saturated rings. The standard InChI is InChI=1S/C10H10ClFO2/c1-6(2)14-10-8(12)4-3-7(5-13)9(10)11/h3-6H,1-2H3. The molecule has 0 N–H and O–H groups in total. The molecule has 0 unspecified atom stereocenters. The fourth-order valence-corrected chi connectivity index (χ4v) is 1.22. The number of ether oxygens (including phenoxy) is 1. The summed E-state index contributed by atoms with van der Waals surface area (Å²) in [4.78, 5) is 10.5. The lowest BCUT2D eigenvalue weighted by molar-refractivity contribution is 0.112. The molecule has 0 heterocycles. The Hall–Kier alpha value is -1.09. The minimum atomic E-state index is -0.561. The van der Waals surface area contributed by atoms with Crippen LogP contribution < -0.4 is 4.74 Å². The molecule has 14 heavy (non-hydrogen) atoms. The fourth-order valence-electron chi connectivity index (χ4n) is 0.982. The number of benzene rings is 1. The summed E-state index contributed by atoms with van der Waals surface area (Å²) in [7, 11) is 0. The molecule has 0 atom stereocenters. The van der Waals surface area contributed by atoms with Gasteiger partial charge in [0.25, 0.3) is 0 Å². The minimum Gasteiger partial charge on any atom is -0.486 e. The van der Waals surface area contributed by atoms with E-state index in [1.807, 2.05) is 0 Å². The van der Waals surface area contributed by atoms with Gasteiger partial charge in [0.15, 0.2) is 17.9 Å². The molecule has 4 heteroatoms. The van der Waals surface area contributed by atoms with Gasteiger partial charge in [-0.2, -0.15) is 0 Å². The van der Waals surface area contributed by atoms with Crippen molar-refractivity contribution in [3.8, 4) is 5.75 Å². The van der Waals surface area contributed by atoms with Crippen molar-refractivity contribution < 1.29 is 13.9 Å². The quantitative estimate of drug-likeness (QED) is 0.726. The molecule has 1 aromatic rings. The predicted molar refractivity (Wildman–Crippen MR) is 52.6 cm³/mol. The van der Waals surface area contributed by atoms with Crippen molar-refractivity contribution in [2.24, 2.45) is 0 Å². The average Bonchev–Trinajstić information content (AvgIpc) is 2.12. The molecule has 0 aromatic heterocycles. The maximum atomic E-state index is 13.2. The molecule has 0 bridgehead atoms. The van der Waals surface area contributed by atoms with E-state index in [0.29, 0.717) is 6.29 Å². The summed E-state index contributed by atoms with van der Waals surface area (Å²) in [6.45, 7) is 3.51. The van der Waals surface area contributed by atoms with Crippen LogP contribution in [-0.2, 0) is 0 Å². The summed E-state index contributed by atoms with van der Waals surface area (Å²) in [5.41, 5.74) is 0.226. The molecular weight excluding hydrogens is 207 g/mol. The van der Waals surface area contributed by atoms with E-state index >= 15 is 0 Å². The smallest absolute Gasteiger partial charge is 0.174 e. The Kier molecular flexibility index (Phi) is 3.47. The third-order valence-electron chi connectivity index (χ3n) is 1.56. The second-order valence-corrected chi connectivity index (χ2v) is 3.44. The van der Waals surface area contributed by atoms with Gasteiger partial charge in [-0.15, -0.1) is 0 Å². The number of halogens is 2. The second-order valence-electron chi connectivity index (χ2n) is 3.06. The number of hydrogen-bond acceptors (Lipinski definition) is 2. The second kappa shape index (κ2) is 4.42. The van der Waals surface area contributed by atoms with Gasteiger partial charge in [0.2, 0.25) is 0 Å². The highest BCUT2D eigenvalue weighted by molar-refractivity contribution is 6.34. The van der Waals surface area contributed by atoms with Gasteiger partial charge in [0.1, 0.15) is 0 Å². The molecule has 0 saturated heterocycles.